The first-order valence-electron chi connectivity index (χ1n) is 48.4. The molecule has 14 heterocycles. The second-order valence-corrected chi connectivity index (χ2v) is 36.8. The Morgan fingerprint density at radius 2 is 0.704 bits per heavy atom. The van der Waals surface area contributed by atoms with Gasteiger partial charge in [0.1, 0.15) is 109 Å². The monoisotopic (exact) mass is 1980 g/mol. The number of aliphatic hydroxyl groups is 1. The van der Waals surface area contributed by atoms with Crippen molar-refractivity contribution in [3.8, 4) is 0 Å². The van der Waals surface area contributed by atoms with Crippen molar-refractivity contribution >= 4 is 96.1 Å². The fourth-order valence-electron chi connectivity index (χ4n) is 19.0. The van der Waals surface area contributed by atoms with Crippen LogP contribution in [0.5, 0.6) is 0 Å². The van der Waals surface area contributed by atoms with Crippen molar-refractivity contribution in [2.75, 3.05) is 152 Å². The van der Waals surface area contributed by atoms with Crippen molar-refractivity contribution < 1.29 is 67.3 Å². The topological polar surface area (TPSA) is 306 Å². The third-order valence-electron chi connectivity index (χ3n) is 27.0. The highest BCUT2D eigenvalue weighted by Crippen LogP contribution is 2.40. The zero-order valence-electron chi connectivity index (χ0n) is 80.9. The maximum atomic E-state index is 15.0. The molecule has 0 bridgehead atoms. The molecule has 142 heavy (non-hydrogen) atoms. The van der Waals surface area contributed by atoms with Gasteiger partial charge in [0.15, 0.2) is 0 Å². The number of hydrogen-bond acceptors (Lipinski definition) is 25. The number of ether oxygens (including phenoxy) is 2. The first kappa shape index (κ1) is 104. The minimum absolute atomic E-state index is 0.0630. The number of hydrogen-bond donors (Lipinski definition) is 6. The van der Waals surface area contributed by atoms with E-state index >= 15 is 0 Å². The Morgan fingerprint density at radius 3 is 1.04 bits per heavy atom. The van der Waals surface area contributed by atoms with Crippen molar-refractivity contribution in [3.05, 3.63) is 224 Å². The van der Waals surface area contributed by atoms with Crippen molar-refractivity contribution in [1.29, 1.82) is 0 Å². The Labute approximate surface area is 812 Å². The predicted molar refractivity (Wildman–Crippen MR) is 526 cm³/mol. The highest BCUT2D eigenvalue weighted by molar-refractivity contribution is 5.93. The molecular formula is C101H120F12N22O7. The number of morpholine rings is 1. The number of benzene rings is 4. The average molecular weight is 1980 g/mol. The molecule has 0 radical (unpaired) electrons. The van der Waals surface area contributed by atoms with E-state index in [9.17, 15) is 77.0 Å². The van der Waals surface area contributed by atoms with Gasteiger partial charge in [-0.1, -0.05) is 72.8 Å². The summed E-state index contributed by atoms with van der Waals surface area (Å²) in [5.74, 6) is 0.0435. The van der Waals surface area contributed by atoms with E-state index in [1.807, 2.05) is 17.0 Å². The van der Waals surface area contributed by atoms with Crippen LogP contribution in [0.2, 0.25) is 0 Å². The maximum Gasteiger partial charge on any atom is 0.275 e. The third-order valence-corrected chi connectivity index (χ3v) is 27.0. The smallest absolute Gasteiger partial charge is 0.275 e. The fraction of sp³-hybridized carbons (Fsp3) is 0.485. The molecule has 0 saturated carbocycles. The normalized spacial score (nSPS) is 16.4. The van der Waals surface area contributed by atoms with E-state index in [1.165, 1.54) is 62.2 Å². The minimum atomic E-state index is -2.92. The largest absolute Gasteiger partial charge is 0.395 e. The van der Waals surface area contributed by atoms with E-state index in [0.717, 1.165) is 173 Å². The highest BCUT2D eigenvalue weighted by atomic mass is 19.3. The van der Waals surface area contributed by atoms with Gasteiger partial charge in [0, 0.05) is 128 Å². The molecule has 0 unspecified atom stereocenters. The Hall–Kier alpha value is -12.8. The number of nitrogens with zero attached hydrogens (tertiary/aromatic N) is 17. The van der Waals surface area contributed by atoms with Crippen LogP contribution in [-0.4, -0.2) is 174 Å². The number of piperidine rings is 4. The molecule has 6 aliphatic rings. The summed E-state index contributed by atoms with van der Waals surface area (Å²) in [6, 6.07) is 20.4. The van der Waals surface area contributed by atoms with Crippen molar-refractivity contribution in [1.82, 2.24) is 63.0 Å². The molecule has 6 aliphatic heterocycles. The lowest BCUT2D eigenvalue weighted by Gasteiger charge is -2.29. The molecule has 0 aliphatic carbocycles. The van der Waals surface area contributed by atoms with Crippen molar-refractivity contribution in [3.63, 3.8) is 0 Å². The number of alkyl halides is 8. The number of anilines is 9. The SMILES string of the molecule is CNc1nc(N[C@H](C)c2cccc(C(F)F)c2F)c2cc(N3CCCCC3)c(=O)n(C)c2n1.C[C@@H](Nc1nc(CCC2COC2)nc2c1cc(N1CCCCC1)c(=O)n2C)c1cccc(C(F)F)c1F.C[C@@H](Nc1nc(CN2CCOCC2)nc2c1cc(N1CCCCC1)c(=O)n2C)c1cccc(C(F)F)c1F.Cc1nc(N[C@H](C)c2cccc(C(F)F)c2F)c2cc(N3CCCCC3)c(=O)n(CCO)c2n1. The molecule has 6 N–H and O–H groups in total. The molecule has 6 fully saturated rings. The van der Waals surface area contributed by atoms with E-state index < -0.39 is 95.4 Å². The summed E-state index contributed by atoms with van der Waals surface area (Å²) < 4.78 is 182. The second-order valence-electron chi connectivity index (χ2n) is 36.8. The molecule has 8 aromatic heterocycles. The van der Waals surface area contributed by atoms with Gasteiger partial charge in [-0.2, -0.15) is 9.97 Å². The van der Waals surface area contributed by atoms with Crippen LogP contribution in [0.1, 0.15) is 223 Å². The van der Waals surface area contributed by atoms with Gasteiger partial charge in [-0.05, 0) is 142 Å². The standard InChI is InChI=1S/C27H33F3N6O2.C27H32F3N5O2.C24H28F3N5O2.C23H27F3N6O/c1-17(18-7-6-8-19(23(18)28)24(29)30)31-25-20-15-21(36-9-4-3-5-10-36)27(37)34(2)26(20)33-22(32-25)16-35-11-13-38-14-12-35;1-16(18-7-6-8-19(23(18)28)24(29)30)31-25-20-13-21(35-11-4-3-5-12-35)27(36)34(2)26(20)33-22(32-25)10-9-17-14-37-15-17;1-14(16-7-6-8-17(20(16)25)21(26)27)28-22-18-13-19(31-9-4-3-5-10-31)24(34)32(11-12-33)23(18)30-15(2)29-22;1-13(14-8-7-9-15(18(14)24)19(25)26)28-20-16-12-17(32-10-5-4-6-11-32)22(33)31(3)21(16)30-23(27-2)29-20/h6-8,15,17,24H,3-5,9-14,16H2,1-2H3,(H,31,32,33);6-8,13,16-17,24H,3-5,9-12,14-15H2,1-2H3,(H,31,32,33);6-8,13-14,21,33H,3-5,9-12H2,1-2H3,(H,28,29,30);7-9,12-13,19H,4-6,10-11H2,1-3H3,(H2,27,28,29,30)/t17-;16-;14-;13-/m1111/s1. The van der Waals surface area contributed by atoms with Crippen LogP contribution < -0.4 is 68.4 Å². The number of nitrogens with one attached hydrogen (secondary N) is 5. The first-order chi connectivity index (χ1) is 68.3. The number of fused-ring (bicyclic) bond motifs is 4. The van der Waals surface area contributed by atoms with Gasteiger partial charge in [-0.3, -0.25) is 42.3 Å². The Bertz CT molecular complexity index is 6740. The predicted octanol–water partition coefficient (Wildman–Crippen LogP) is 18.5. The first-order valence-corrected chi connectivity index (χ1v) is 48.4. The lowest BCUT2D eigenvalue weighted by Crippen LogP contribution is -2.37. The molecule has 0 amide bonds. The van der Waals surface area contributed by atoms with Crippen LogP contribution in [-0.2, 0) is 50.1 Å². The summed E-state index contributed by atoms with van der Waals surface area (Å²) in [5, 5.41) is 27.6. The molecule has 4 aromatic carbocycles. The molecule has 29 nitrogen and oxygen atoms in total. The number of aliphatic hydroxyl groups excluding tert-OH is 1. The van der Waals surface area contributed by atoms with Crippen LogP contribution in [0.25, 0.3) is 44.1 Å². The molecule has 18 rings (SSSR count). The van der Waals surface area contributed by atoms with Gasteiger partial charge in [0.05, 0.1) is 114 Å². The van der Waals surface area contributed by atoms with Gasteiger partial charge < -0.3 is 60.8 Å². The molecule has 0 spiro atoms. The van der Waals surface area contributed by atoms with Crippen molar-refractivity contribution in [2.24, 2.45) is 27.1 Å². The van der Waals surface area contributed by atoms with E-state index in [2.05, 4.69) is 66.1 Å². The number of aromatic nitrogens is 12. The lowest BCUT2D eigenvalue weighted by atomic mass is 10.0. The van der Waals surface area contributed by atoms with E-state index in [1.54, 1.807) is 79.5 Å². The number of aryl methyl sites for hydroxylation is 5. The summed E-state index contributed by atoms with van der Waals surface area (Å²) in [7, 11) is 6.71. The summed E-state index contributed by atoms with van der Waals surface area (Å²) >= 11 is 0. The third kappa shape index (κ3) is 23.3. The Kier molecular flexibility index (Phi) is 33.9. The maximum absolute atomic E-state index is 15.0. The second kappa shape index (κ2) is 46.5. The van der Waals surface area contributed by atoms with Gasteiger partial charge in [0.25, 0.3) is 47.9 Å². The molecule has 6 saturated heterocycles. The van der Waals surface area contributed by atoms with E-state index in [0.29, 0.717) is 153 Å². The zero-order chi connectivity index (χ0) is 101. The Balaban J connectivity index is 0.000000143. The highest BCUT2D eigenvalue weighted by Gasteiger charge is 2.33. The van der Waals surface area contributed by atoms with Gasteiger partial charge in [0.2, 0.25) is 5.95 Å². The zero-order valence-corrected chi connectivity index (χ0v) is 80.9. The van der Waals surface area contributed by atoms with Crippen LogP contribution in [0.3, 0.4) is 0 Å². The summed E-state index contributed by atoms with van der Waals surface area (Å²) in [4.78, 5) is 100. The number of halogens is 12. The summed E-state index contributed by atoms with van der Waals surface area (Å²) in [6.07, 6.45) is 2.34. The quantitative estimate of drug-likeness (QED) is 0.0248. The van der Waals surface area contributed by atoms with Crippen LogP contribution in [0, 0.1) is 36.1 Å². The fourth-order valence-corrected chi connectivity index (χ4v) is 19.0. The van der Waals surface area contributed by atoms with Gasteiger partial charge in [-0.15, -0.1) is 0 Å². The van der Waals surface area contributed by atoms with Crippen LogP contribution in [0.15, 0.2) is 116 Å². The molecular weight excluding hydrogens is 1860 g/mol. The van der Waals surface area contributed by atoms with Crippen molar-refractivity contribution in [2.45, 2.75) is 187 Å². The lowest BCUT2D eigenvalue weighted by molar-refractivity contribution is -0.0354. The molecule has 4 atom stereocenters. The average Bonchev–Trinajstić information content (AvgIpc) is 0.783. The minimum Gasteiger partial charge on any atom is -0.395 e. The van der Waals surface area contributed by atoms with Crippen LogP contribution >= 0.6 is 0 Å². The molecule has 41 heteroatoms. The number of pyridine rings is 4. The summed E-state index contributed by atoms with van der Waals surface area (Å²) in [5.41, 5.74) is 1.15. The summed E-state index contributed by atoms with van der Waals surface area (Å²) in [6.45, 7) is 19.1. The van der Waals surface area contributed by atoms with Gasteiger partial charge in [-0.25, -0.2) is 82.6 Å². The number of rotatable bonds is 28. The van der Waals surface area contributed by atoms with Crippen LogP contribution in [0.4, 0.5) is 105 Å². The van der Waals surface area contributed by atoms with E-state index in [-0.39, 0.29) is 63.6 Å². The molecule has 760 valence electrons. The van der Waals surface area contributed by atoms with Gasteiger partial charge >= 0.3 is 0 Å². The molecule has 12 aromatic rings. The Morgan fingerprint density at radius 1 is 0.387 bits per heavy atom. The van der Waals surface area contributed by atoms with E-state index in [4.69, 9.17) is 29.4 Å².